The highest BCUT2D eigenvalue weighted by atomic mass is 79.9. The molecule has 22 heavy (non-hydrogen) atoms. The summed E-state index contributed by atoms with van der Waals surface area (Å²) in [6, 6.07) is 17.7. The molecule has 5 heteroatoms. The molecular weight excluding hydrogens is 362 g/mol. The van der Waals surface area contributed by atoms with E-state index < -0.39 is 0 Å². The minimum absolute atomic E-state index is 0.0466. The lowest BCUT2D eigenvalue weighted by molar-refractivity contribution is -0.122. The molecule has 0 saturated carbocycles. The molecule has 0 spiro atoms. The molecule has 2 aromatic carbocycles. The minimum atomic E-state index is -0.0942. The van der Waals surface area contributed by atoms with Crippen LogP contribution in [-0.4, -0.2) is 24.8 Å². The maximum Gasteiger partial charge on any atom is 0.257 e. The Labute approximate surface area is 143 Å². The predicted octanol–water partition coefficient (Wildman–Crippen LogP) is 3.88. The van der Waals surface area contributed by atoms with Crippen molar-refractivity contribution < 1.29 is 9.53 Å². The minimum Gasteiger partial charge on any atom is -0.484 e. The van der Waals surface area contributed by atoms with Crippen LogP contribution < -0.4 is 10.1 Å². The van der Waals surface area contributed by atoms with Gasteiger partial charge in [0.25, 0.3) is 5.91 Å². The van der Waals surface area contributed by atoms with Gasteiger partial charge in [0.2, 0.25) is 0 Å². The van der Waals surface area contributed by atoms with Crippen molar-refractivity contribution >= 4 is 33.6 Å². The molecule has 3 nitrogen and oxygen atoms in total. The van der Waals surface area contributed by atoms with Gasteiger partial charge in [-0.3, -0.25) is 4.79 Å². The van der Waals surface area contributed by atoms with Gasteiger partial charge < -0.3 is 10.1 Å². The van der Waals surface area contributed by atoms with Crippen LogP contribution in [0.3, 0.4) is 0 Å². The maximum absolute atomic E-state index is 11.7. The first kappa shape index (κ1) is 16.9. The lowest BCUT2D eigenvalue weighted by atomic mass is 10.2. The van der Waals surface area contributed by atoms with Crippen molar-refractivity contribution in [3.05, 3.63) is 64.6 Å². The van der Waals surface area contributed by atoms with E-state index in [1.54, 1.807) is 11.8 Å². The summed E-state index contributed by atoms with van der Waals surface area (Å²) in [6.45, 7) is 0.699. The summed E-state index contributed by atoms with van der Waals surface area (Å²) < 4.78 is 6.40. The fourth-order valence-corrected chi connectivity index (χ4v) is 2.84. The summed E-state index contributed by atoms with van der Waals surface area (Å²) in [4.78, 5) is 11.7. The standard InChI is InChI=1S/C17H18BrNO2S/c18-15-6-8-16(9-7-15)21-12-17(20)19-10-11-22-13-14-4-2-1-3-5-14/h1-9H,10-13H2,(H,19,20). The van der Waals surface area contributed by atoms with E-state index in [2.05, 4.69) is 33.4 Å². The SMILES string of the molecule is O=C(COc1ccc(Br)cc1)NCCSCc1ccccc1. The number of thioether (sulfide) groups is 1. The molecule has 0 saturated heterocycles. The van der Waals surface area contributed by atoms with Crippen LogP contribution in [0.2, 0.25) is 0 Å². The summed E-state index contributed by atoms with van der Waals surface area (Å²) in [5.74, 6) is 2.45. The molecule has 0 heterocycles. The quantitative estimate of drug-likeness (QED) is 0.707. The fraction of sp³-hybridized carbons (Fsp3) is 0.235. The van der Waals surface area contributed by atoms with Gasteiger partial charge in [0.05, 0.1) is 0 Å². The summed E-state index contributed by atoms with van der Waals surface area (Å²) in [5, 5.41) is 2.86. The van der Waals surface area contributed by atoms with Gasteiger partial charge in [-0.15, -0.1) is 0 Å². The largest absolute Gasteiger partial charge is 0.484 e. The zero-order valence-corrected chi connectivity index (χ0v) is 14.5. The number of rotatable bonds is 8. The van der Waals surface area contributed by atoms with Gasteiger partial charge in [-0.2, -0.15) is 11.8 Å². The van der Waals surface area contributed by atoms with Crippen LogP contribution in [-0.2, 0) is 10.5 Å². The van der Waals surface area contributed by atoms with Gasteiger partial charge in [-0.25, -0.2) is 0 Å². The second-order valence-electron chi connectivity index (χ2n) is 4.63. The number of carbonyl (C=O) groups excluding carboxylic acids is 1. The van der Waals surface area contributed by atoms with Gasteiger partial charge in [0, 0.05) is 22.5 Å². The van der Waals surface area contributed by atoms with Crippen LogP contribution >= 0.6 is 27.7 Å². The number of halogens is 1. The molecular formula is C17H18BrNO2S. The molecule has 1 N–H and O–H groups in total. The Hall–Kier alpha value is -1.46. The monoisotopic (exact) mass is 379 g/mol. The topological polar surface area (TPSA) is 38.3 Å². The Morgan fingerprint density at radius 1 is 1.09 bits per heavy atom. The van der Waals surface area contributed by atoms with Crippen molar-refractivity contribution in [1.29, 1.82) is 0 Å². The molecule has 2 aromatic rings. The number of benzene rings is 2. The van der Waals surface area contributed by atoms with Gasteiger partial charge in [-0.05, 0) is 29.8 Å². The zero-order chi connectivity index (χ0) is 15.6. The van der Waals surface area contributed by atoms with E-state index in [0.717, 1.165) is 16.0 Å². The third kappa shape index (κ3) is 6.54. The molecule has 0 radical (unpaired) electrons. The Balaban J connectivity index is 1.55. The lowest BCUT2D eigenvalue weighted by Gasteiger charge is -2.07. The van der Waals surface area contributed by atoms with E-state index in [9.17, 15) is 4.79 Å². The van der Waals surface area contributed by atoms with Crippen molar-refractivity contribution in [2.45, 2.75) is 5.75 Å². The third-order valence-corrected chi connectivity index (χ3v) is 4.42. The molecule has 0 bridgehead atoms. The van der Waals surface area contributed by atoms with E-state index >= 15 is 0 Å². The zero-order valence-electron chi connectivity index (χ0n) is 12.1. The third-order valence-electron chi connectivity index (χ3n) is 2.86. The van der Waals surface area contributed by atoms with Crippen LogP contribution in [0.15, 0.2) is 59.1 Å². The lowest BCUT2D eigenvalue weighted by Crippen LogP contribution is -2.30. The Morgan fingerprint density at radius 3 is 2.55 bits per heavy atom. The molecule has 0 aliphatic heterocycles. The highest BCUT2D eigenvalue weighted by Gasteiger charge is 2.02. The highest BCUT2D eigenvalue weighted by Crippen LogP contribution is 2.15. The number of hydrogen-bond acceptors (Lipinski definition) is 3. The molecule has 116 valence electrons. The predicted molar refractivity (Wildman–Crippen MR) is 95.3 cm³/mol. The van der Waals surface area contributed by atoms with Crippen molar-refractivity contribution in [2.75, 3.05) is 18.9 Å². The number of nitrogens with one attached hydrogen (secondary N) is 1. The first-order chi connectivity index (χ1) is 10.7. The average Bonchev–Trinajstić information content (AvgIpc) is 2.55. The second kappa shape index (κ2) is 9.54. The summed E-state index contributed by atoms with van der Waals surface area (Å²) in [5.41, 5.74) is 1.30. The number of ether oxygens (including phenoxy) is 1. The van der Waals surface area contributed by atoms with Crippen molar-refractivity contribution in [2.24, 2.45) is 0 Å². The van der Waals surface area contributed by atoms with Crippen LogP contribution in [0.5, 0.6) is 5.75 Å². The Kier molecular flexibility index (Phi) is 7.33. The van der Waals surface area contributed by atoms with E-state index in [-0.39, 0.29) is 12.5 Å². The summed E-state index contributed by atoms with van der Waals surface area (Å²) >= 11 is 5.16. The second-order valence-corrected chi connectivity index (χ2v) is 6.65. The first-order valence-corrected chi connectivity index (χ1v) is 8.95. The van der Waals surface area contributed by atoms with Gasteiger partial charge in [0.1, 0.15) is 5.75 Å². The van der Waals surface area contributed by atoms with E-state index in [1.807, 2.05) is 42.5 Å². The van der Waals surface area contributed by atoms with E-state index in [4.69, 9.17) is 4.74 Å². The van der Waals surface area contributed by atoms with Crippen LogP contribution in [0, 0.1) is 0 Å². The fourth-order valence-electron chi connectivity index (χ4n) is 1.76. The molecule has 0 aliphatic rings. The molecule has 0 unspecified atom stereocenters. The smallest absolute Gasteiger partial charge is 0.257 e. The summed E-state index contributed by atoms with van der Waals surface area (Å²) in [6.07, 6.45) is 0. The number of carbonyl (C=O) groups is 1. The molecule has 0 aliphatic carbocycles. The van der Waals surface area contributed by atoms with Gasteiger partial charge >= 0.3 is 0 Å². The molecule has 2 rings (SSSR count). The van der Waals surface area contributed by atoms with Gasteiger partial charge in [-0.1, -0.05) is 46.3 Å². The Bertz CT molecular complexity index is 575. The number of hydrogen-bond donors (Lipinski definition) is 1. The highest BCUT2D eigenvalue weighted by molar-refractivity contribution is 9.10. The van der Waals surface area contributed by atoms with Crippen molar-refractivity contribution in [3.8, 4) is 5.75 Å². The molecule has 0 fully saturated rings. The van der Waals surface area contributed by atoms with Crippen molar-refractivity contribution in [1.82, 2.24) is 5.32 Å². The molecule has 0 atom stereocenters. The van der Waals surface area contributed by atoms with E-state index in [0.29, 0.717) is 12.3 Å². The summed E-state index contributed by atoms with van der Waals surface area (Å²) in [7, 11) is 0. The van der Waals surface area contributed by atoms with E-state index in [1.165, 1.54) is 5.56 Å². The average molecular weight is 380 g/mol. The molecule has 1 amide bonds. The van der Waals surface area contributed by atoms with Crippen molar-refractivity contribution in [3.63, 3.8) is 0 Å². The normalized spacial score (nSPS) is 10.2. The van der Waals surface area contributed by atoms with Crippen LogP contribution in [0.1, 0.15) is 5.56 Å². The van der Waals surface area contributed by atoms with Crippen LogP contribution in [0.4, 0.5) is 0 Å². The van der Waals surface area contributed by atoms with Crippen LogP contribution in [0.25, 0.3) is 0 Å². The first-order valence-electron chi connectivity index (χ1n) is 7.01. The Morgan fingerprint density at radius 2 is 1.82 bits per heavy atom. The number of amides is 1. The van der Waals surface area contributed by atoms with Gasteiger partial charge in [0.15, 0.2) is 6.61 Å². The maximum atomic E-state index is 11.7. The molecule has 0 aromatic heterocycles.